The third-order valence-electron chi connectivity index (χ3n) is 9.22. The molecule has 7 rings (SSSR count). The van der Waals surface area contributed by atoms with Gasteiger partial charge in [0.05, 0.1) is 28.1 Å². The first-order chi connectivity index (χ1) is 25.0. The van der Waals surface area contributed by atoms with E-state index in [0.29, 0.717) is 12.9 Å². The minimum absolute atomic E-state index is 0.00719. The van der Waals surface area contributed by atoms with E-state index < -0.39 is 63.6 Å². The predicted molar refractivity (Wildman–Crippen MR) is 214 cm³/mol. The summed E-state index contributed by atoms with van der Waals surface area (Å²) in [4.78, 5) is 41.1. The summed E-state index contributed by atoms with van der Waals surface area (Å²) in [7, 11) is -6.07. The van der Waals surface area contributed by atoms with Gasteiger partial charge in [-0.15, -0.1) is 0 Å². The van der Waals surface area contributed by atoms with Crippen LogP contribution in [0.2, 0.25) is 0 Å². The smallest absolute Gasteiger partial charge is 0.367 e. The third-order valence-corrected chi connectivity index (χ3v) is 13.4. The maximum absolute atomic E-state index is 14.4. The molecule has 18 heteroatoms. The molecule has 1 saturated carbocycles. The Morgan fingerprint density at radius 2 is 1.34 bits per heavy atom. The van der Waals surface area contributed by atoms with Crippen molar-refractivity contribution in [3.8, 4) is 17.2 Å². The molecule has 4 aliphatic carbocycles. The van der Waals surface area contributed by atoms with Gasteiger partial charge in [0, 0.05) is 15.4 Å². The average Bonchev–Trinajstić information content (AvgIpc) is 3.11. The molecule has 0 N–H and O–H groups in total. The van der Waals surface area contributed by atoms with Crippen molar-refractivity contribution in [3.05, 3.63) is 104 Å². The van der Waals surface area contributed by atoms with Gasteiger partial charge in [-0.1, -0.05) is 60.4 Å². The van der Waals surface area contributed by atoms with Crippen molar-refractivity contribution >= 4 is 118 Å². The first kappa shape index (κ1) is 40.5. The van der Waals surface area contributed by atoms with E-state index in [2.05, 4.69) is 4.74 Å². The number of carbonyl (C=O) groups is 3. The molecule has 0 spiro atoms. The van der Waals surface area contributed by atoms with Crippen LogP contribution in [0.5, 0.6) is 17.2 Å². The van der Waals surface area contributed by atoms with E-state index >= 15 is 0 Å². The largest absolute Gasteiger partial charge is 0.872 e. The number of fused-ring (bicyclic) bond motifs is 1. The van der Waals surface area contributed by atoms with Crippen molar-refractivity contribution < 1.29 is 60.2 Å². The van der Waals surface area contributed by atoms with Crippen LogP contribution in [0.1, 0.15) is 33.3 Å². The van der Waals surface area contributed by atoms with Gasteiger partial charge in [0.2, 0.25) is 0 Å². The molecule has 2 bridgehead atoms. The van der Waals surface area contributed by atoms with Gasteiger partial charge >= 0.3 is 23.2 Å². The van der Waals surface area contributed by atoms with Gasteiger partial charge in [0.15, 0.2) is 22.5 Å². The second-order valence-corrected chi connectivity index (χ2v) is 18.4. The summed E-state index contributed by atoms with van der Waals surface area (Å²) in [5.74, 6) is -5.39. The molecule has 4 aliphatic rings. The van der Waals surface area contributed by atoms with E-state index in [1.165, 1.54) is 18.2 Å². The van der Waals surface area contributed by atoms with E-state index in [4.69, 9.17) is 14.2 Å². The van der Waals surface area contributed by atoms with Gasteiger partial charge in [0.1, 0.15) is 19.0 Å². The molecule has 53 heavy (non-hydrogen) atoms. The van der Waals surface area contributed by atoms with Crippen molar-refractivity contribution in [2.75, 3.05) is 19.8 Å². The molecule has 0 aliphatic heterocycles. The standard InChI is InChI=1S/C35H26F2I4O11S/c36-35(37,53(46,47)48)15-51-32(43)16-11-23(40)31(24(41)12-16)52-34(45)30-28-19-7-3-1-5-17(19)27(18-6-2-4-8-20(18)28)29(30)33(44)50-10-9-49-26-14-21(38)25(42)13-22(26)39/h1-8,11-14,17,19,27-30,42H,9-10,15H2,(H,46,47,48)/p-2. The summed E-state index contributed by atoms with van der Waals surface area (Å²) >= 11 is 7.47. The Bertz CT molecular complexity index is 2140. The average molecular weight is 1200 g/mol. The first-order valence-electron chi connectivity index (χ1n) is 15.6. The Labute approximate surface area is 356 Å². The fourth-order valence-corrected chi connectivity index (χ4v) is 10.3. The molecule has 0 amide bonds. The molecule has 0 heterocycles. The zero-order chi connectivity index (χ0) is 38.4. The summed E-state index contributed by atoms with van der Waals surface area (Å²) in [6.07, 6.45) is 7.89. The quantitative estimate of drug-likeness (QED) is 0.0677. The van der Waals surface area contributed by atoms with Crippen LogP contribution in [0.25, 0.3) is 0 Å². The fraction of sp³-hybridized carbons (Fsp3) is 0.286. The molecule has 3 aromatic rings. The van der Waals surface area contributed by atoms with E-state index in [-0.39, 0.29) is 49.3 Å². The number of allylic oxidation sites excluding steroid dienone is 4. The highest BCUT2D eigenvalue weighted by molar-refractivity contribution is 14.1. The summed E-state index contributed by atoms with van der Waals surface area (Å²) < 4.78 is 83.1. The monoisotopic (exact) mass is 1200 g/mol. The van der Waals surface area contributed by atoms with Crippen molar-refractivity contribution in [1.82, 2.24) is 0 Å². The summed E-state index contributed by atoms with van der Waals surface area (Å²) in [6, 6.07) is 13.1. The zero-order valence-corrected chi connectivity index (χ0v) is 36.1. The van der Waals surface area contributed by atoms with E-state index in [1.807, 2.05) is 93.8 Å². The molecule has 11 nitrogen and oxygen atoms in total. The minimum Gasteiger partial charge on any atom is -0.872 e. The molecule has 280 valence electrons. The normalized spacial score (nSPS) is 22.8. The topological polar surface area (TPSA) is 168 Å². The summed E-state index contributed by atoms with van der Waals surface area (Å²) in [5, 5.41) is 7.12. The highest BCUT2D eigenvalue weighted by Crippen LogP contribution is 2.62. The maximum atomic E-state index is 14.4. The van der Waals surface area contributed by atoms with Crippen LogP contribution >= 0.6 is 90.4 Å². The van der Waals surface area contributed by atoms with E-state index in [0.717, 1.165) is 11.1 Å². The van der Waals surface area contributed by atoms with Crippen LogP contribution in [0, 0.1) is 38.0 Å². The molecular formula is C35H24F2I4O11S-2. The Kier molecular flexibility index (Phi) is 12.3. The van der Waals surface area contributed by atoms with Crippen molar-refractivity contribution in [2.45, 2.75) is 17.1 Å². The number of alkyl halides is 2. The van der Waals surface area contributed by atoms with Crippen LogP contribution in [0.4, 0.5) is 8.78 Å². The fourth-order valence-electron chi connectivity index (χ4n) is 7.05. The lowest BCUT2D eigenvalue weighted by atomic mass is 9.48. The van der Waals surface area contributed by atoms with E-state index in [1.54, 1.807) is 51.2 Å². The first-order valence-corrected chi connectivity index (χ1v) is 21.3. The van der Waals surface area contributed by atoms with Gasteiger partial charge < -0.3 is 28.6 Å². The van der Waals surface area contributed by atoms with Crippen molar-refractivity contribution in [3.63, 3.8) is 0 Å². The lowest BCUT2D eigenvalue weighted by Gasteiger charge is -2.54. The molecule has 3 aromatic carbocycles. The number of hydrogen-bond acceptors (Lipinski definition) is 11. The summed E-state index contributed by atoms with van der Waals surface area (Å²) in [5.41, 5.74) is 1.59. The molecular weight excluding hydrogens is 1170 g/mol. The highest BCUT2D eigenvalue weighted by Gasteiger charge is 2.61. The number of rotatable bonds is 11. The van der Waals surface area contributed by atoms with E-state index in [9.17, 15) is 41.2 Å². The van der Waals surface area contributed by atoms with Gasteiger partial charge in [-0.2, -0.15) is 8.78 Å². The lowest BCUT2D eigenvalue weighted by Crippen LogP contribution is -2.54. The van der Waals surface area contributed by atoms with Crippen LogP contribution < -0.4 is 14.6 Å². The number of benzene rings is 3. The summed E-state index contributed by atoms with van der Waals surface area (Å²) in [6.45, 7) is -2.12. The number of carbonyl (C=O) groups excluding carboxylic acids is 3. The molecule has 0 aromatic heterocycles. The van der Waals surface area contributed by atoms with Crippen molar-refractivity contribution in [2.24, 2.45) is 23.7 Å². The SMILES string of the molecule is O=C(OCC(F)(F)S(=O)(=O)[O-])c1cc(I)c(OC(=O)C2C(C(=O)OCCOc3cc(I)c([O-])cc3I)C3c4ccccc4C2C2C=CC=CC23)c(I)c1. The molecule has 0 saturated heterocycles. The van der Waals surface area contributed by atoms with Crippen LogP contribution in [-0.2, 0) is 29.2 Å². The predicted octanol–water partition coefficient (Wildman–Crippen LogP) is 6.49. The number of ether oxygens (including phenoxy) is 4. The number of esters is 3. The van der Waals surface area contributed by atoms with Crippen LogP contribution in [0.15, 0.2) is 72.8 Å². The molecule has 6 unspecified atom stereocenters. The zero-order valence-electron chi connectivity index (χ0n) is 26.7. The third kappa shape index (κ3) is 8.21. The lowest BCUT2D eigenvalue weighted by molar-refractivity contribution is -0.269. The Morgan fingerprint density at radius 1 is 0.774 bits per heavy atom. The minimum atomic E-state index is -6.07. The van der Waals surface area contributed by atoms with Gasteiger partial charge in [0.25, 0.3) is 0 Å². The van der Waals surface area contributed by atoms with Crippen LogP contribution in [0.3, 0.4) is 0 Å². The maximum Gasteiger partial charge on any atom is 0.367 e. The Balaban J connectivity index is 1.26. The molecule has 1 fully saturated rings. The molecule has 6 atom stereocenters. The highest BCUT2D eigenvalue weighted by atomic mass is 127. The number of halogens is 6. The molecule has 0 radical (unpaired) electrons. The van der Waals surface area contributed by atoms with Gasteiger partial charge in [-0.25, -0.2) is 13.2 Å². The van der Waals surface area contributed by atoms with Crippen molar-refractivity contribution in [1.29, 1.82) is 0 Å². The second kappa shape index (κ2) is 16.1. The second-order valence-electron chi connectivity index (χ2n) is 12.2. The Morgan fingerprint density at radius 3 is 1.91 bits per heavy atom. The van der Waals surface area contributed by atoms with Crippen LogP contribution in [-0.4, -0.2) is 56.0 Å². The van der Waals surface area contributed by atoms with Gasteiger partial charge in [-0.05, 0) is 132 Å². The van der Waals surface area contributed by atoms with Gasteiger partial charge in [-0.3, -0.25) is 9.59 Å². The number of hydrogen-bond donors (Lipinski definition) is 0. The Hall–Kier alpha value is -2.16.